The van der Waals surface area contributed by atoms with E-state index in [1.165, 1.54) is 82.8 Å². The topological polar surface area (TPSA) is 203 Å². The van der Waals surface area contributed by atoms with Crippen molar-refractivity contribution in [3.8, 4) is 18.0 Å². The van der Waals surface area contributed by atoms with Gasteiger partial charge < -0.3 is 39.0 Å². The van der Waals surface area contributed by atoms with E-state index in [0.717, 1.165) is 25.6 Å². The maximum atomic E-state index is 10.6. The monoisotopic (exact) mass is 727 g/mol. The molecule has 0 spiro atoms. The lowest BCUT2D eigenvalue weighted by molar-refractivity contribution is -0.0378. The highest BCUT2D eigenvalue weighted by atomic mass is 31.2. The van der Waals surface area contributed by atoms with Gasteiger partial charge in [0.25, 0.3) is 0 Å². The number of anilines is 1. The summed E-state index contributed by atoms with van der Waals surface area (Å²) in [5.41, 5.74) is 6.51. The number of hydrogen-bond donors (Lipinski definition) is 3. The van der Waals surface area contributed by atoms with Gasteiger partial charge in [-0.2, -0.15) is 15.6 Å². The molecule has 0 aromatic carbocycles. The third-order valence-corrected chi connectivity index (χ3v) is 9.32. The molecule has 1 aliphatic rings. The van der Waals surface area contributed by atoms with Gasteiger partial charge >= 0.3 is 8.60 Å². The van der Waals surface area contributed by atoms with Crippen molar-refractivity contribution in [1.82, 2.24) is 19.6 Å². The molecule has 4 rings (SSSR count). The van der Waals surface area contributed by atoms with Crippen LogP contribution in [0.5, 0.6) is 5.88 Å². The fourth-order valence-electron chi connectivity index (χ4n) is 5.83. The minimum atomic E-state index is -2.36. The predicted molar refractivity (Wildman–Crippen MR) is 193 cm³/mol. The molecule has 15 heteroatoms. The van der Waals surface area contributed by atoms with E-state index in [1.807, 2.05) is 12.1 Å². The average Bonchev–Trinajstić information content (AvgIpc) is 3.80. The van der Waals surface area contributed by atoms with Crippen molar-refractivity contribution in [2.75, 3.05) is 39.3 Å². The van der Waals surface area contributed by atoms with Crippen molar-refractivity contribution in [2.24, 2.45) is 0 Å². The molecule has 280 valence electrons. The normalized spacial score (nSPS) is 18.0. The SMILES string of the molecule is CCCCCCCCCCCCCCOCC(COP(O)OCC1(C#N)CCC(c2ccc3c(N)ncnn23)O1)Oc1cc(C#N)ccn1.CO. The Bertz CT molecular complexity index is 1500. The standard InChI is InChI=1S/C35H50N7O6P.CH4O/c1-2-3-4-5-6-7-8-9-10-11-12-13-20-44-23-29(47-33-21-28(22-36)17-19-39-33)24-45-49(43)46-26-35(25-37)18-16-32(48-35)30-14-15-31-34(38)40-27-41-42(30)31;1-2/h14-15,17,19,21,27,29,32,43H,2-13,16,18,20,23-24,26H2,1H3,(H2,38,40,41);2H,1H3. The van der Waals surface area contributed by atoms with E-state index in [4.69, 9.17) is 34.1 Å². The van der Waals surface area contributed by atoms with Crippen LogP contribution in [-0.2, 0) is 18.5 Å². The predicted octanol–water partition coefficient (Wildman–Crippen LogP) is 6.72. The second kappa shape index (κ2) is 23.9. The smallest absolute Gasteiger partial charge is 0.330 e. The average molecular weight is 728 g/mol. The Hall–Kier alpha value is -3.46. The molecule has 4 unspecified atom stereocenters. The van der Waals surface area contributed by atoms with E-state index in [-0.39, 0.29) is 25.7 Å². The second-order valence-corrected chi connectivity index (χ2v) is 13.4. The van der Waals surface area contributed by atoms with Crippen LogP contribution in [0, 0.1) is 22.7 Å². The quantitative estimate of drug-likeness (QED) is 0.0649. The number of pyridine rings is 1. The molecule has 3 aromatic heterocycles. The molecule has 4 heterocycles. The molecule has 51 heavy (non-hydrogen) atoms. The lowest BCUT2D eigenvalue weighted by Crippen LogP contribution is -2.32. The molecule has 0 saturated carbocycles. The zero-order chi connectivity index (χ0) is 36.7. The number of aliphatic hydroxyl groups excluding tert-OH is 1. The van der Waals surface area contributed by atoms with Crippen LogP contribution in [0.2, 0.25) is 0 Å². The van der Waals surface area contributed by atoms with Crippen molar-refractivity contribution in [2.45, 2.75) is 115 Å². The molecule has 1 fully saturated rings. The van der Waals surface area contributed by atoms with Gasteiger partial charge in [0.15, 0.2) is 11.4 Å². The van der Waals surface area contributed by atoms with Crippen LogP contribution in [-0.4, -0.2) is 74.8 Å². The van der Waals surface area contributed by atoms with Crippen LogP contribution in [0.3, 0.4) is 0 Å². The Morgan fingerprint density at radius 3 is 2.39 bits per heavy atom. The van der Waals surface area contributed by atoms with Gasteiger partial charge in [-0.1, -0.05) is 77.6 Å². The highest BCUT2D eigenvalue weighted by Crippen LogP contribution is 2.43. The minimum absolute atomic E-state index is 0.0561. The van der Waals surface area contributed by atoms with Crippen molar-refractivity contribution in [3.05, 3.63) is 48.0 Å². The minimum Gasteiger partial charge on any atom is -0.469 e. The summed E-state index contributed by atoms with van der Waals surface area (Å²) in [5, 5.41) is 30.5. The van der Waals surface area contributed by atoms with E-state index in [2.05, 4.69) is 34.1 Å². The van der Waals surface area contributed by atoms with Gasteiger partial charge in [-0.15, -0.1) is 0 Å². The molecule has 14 nitrogen and oxygen atoms in total. The second-order valence-electron chi connectivity index (χ2n) is 12.5. The fourth-order valence-corrected chi connectivity index (χ4v) is 6.52. The lowest BCUT2D eigenvalue weighted by Gasteiger charge is -2.24. The van der Waals surface area contributed by atoms with Gasteiger partial charge in [0.2, 0.25) is 5.88 Å². The zero-order valence-electron chi connectivity index (χ0n) is 30.0. The number of nitrogens with zero attached hydrogens (tertiary/aromatic N) is 6. The van der Waals surface area contributed by atoms with Gasteiger partial charge in [-0.3, -0.25) is 0 Å². The molecule has 3 aromatic rings. The van der Waals surface area contributed by atoms with E-state index < -0.39 is 26.4 Å². The van der Waals surface area contributed by atoms with Crippen LogP contribution in [0.15, 0.2) is 36.8 Å². The van der Waals surface area contributed by atoms with E-state index >= 15 is 0 Å². The van der Waals surface area contributed by atoms with Crippen LogP contribution in [0.4, 0.5) is 5.82 Å². The Kier molecular flexibility index (Phi) is 19.7. The van der Waals surface area contributed by atoms with Gasteiger partial charge in [-0.25, -0.2) is 14.5 Å². The number of aliphatic hydroxyl groups is 1. The summed E-state index contributed by atoms with van der Waals surface area (Å²) in [6.45, 7) is 2.79. The first-order valence-electron chi connectivity index (χ1n) is 17.9. The number of hydrogen-bond acceptors (Lipinski definition) is 13. The Balaban J connectivity index is 0.00000345. The maximum absolute atomic E-state index is 10.6. The van der Waals surface area contributed by atoms with Gasteiger partial charge in [0.05, 0.1) is 37.1 Å². The van der Waals surface area contributed by atoms with E-state index in [0.29, 0.717) is 36.3 Å². The zero-order valence-corrected chi connectivity index (χ0v) is 30.9. The van der Waals surface area contributed by atoms with Crippen molar-refractivity contribution < 1.29 is 33.3 Å². The molecular formula is C36H54N7O7P. The summed E-state index contributed by atoms with van der Waals surface area (Å²) in [6, 6.07) is 11.1. The fraction of sp³-hybridized carbons (Fsp3) is 0.639. The molecule has 0 bridgehead atoms. The van der Waals surface area contributed by atoms with Crippen molar-refractivity contribution >= 4 is 19.9 Å². The van der Waals surface area contributed by atoms with Gasteiger partial charge in [0.1, 0.15) is 30.1 Å². The van der Waals surface area contributed by atoms with Crippen LogP contribution >= 0.6 is 8.60 Å². The number of fused-ring (bicyclic) bond motifs is 1. The Morgan fingerprint density at radius 2 is 1.71 bits per heavy atom. The van der Waals surface area contributed by atoms with Crippen LogP contribution < -0.4 is 10.5 Å². The molecule has 0 amide bonds. The largest absolute Gasteiger partial charge is 0.469 e. The van der Waals surface area contributed by atoms with Crippen LogP contribution in [0.1, 0.15) is 114 Å². The molecular weight excluding hydrogens is 673 g/mol. The number of aromatic nitrogens is 4. The first-order valence-corrected chi connectivity index (χ1v) is 19.1. The van der Waals surface area contributed by atoms with Crippen LogP contribution in [0.25, 0.3) is 5.52 Å². The summed E-state index contributed by atoms with van der Waals surface area (Å²) >= 11 is 0. The summed E-state index contributed by atoms with van der Waals surface area (Å²) in [4.78, 5) is 18.8. The highest BCUT2D eigenvalue weighted by molar-refractivity contribution is 7.40. The molecule has 1 aliphatic heterocycles. The molecule has 1 saturated heterocycles. The maximum Gasteiger partial charge on any atom is 0.330 e. The molecule has 0 aliphatic carbocycles. The first-order chi connectivity index (χ1) is 25.0. The number of ether oxygens (including phenoxy) is 3. The number of rotatable bonds is 24. The third-order valence-electron chi connectivity index (χ3n) is 8.60. The summed E-state index contributed by atoms with van der Waals surface area (Å²) in [7, 11) is -1.36. The Morgan fingerprint density at radius 1 is 1.00 bits per heavy atom. The molecule has 4 atom stereocenters. The summed E-state index contributed by atoms with van der Waals surface area (Å²) in [5.74, 6) is 0.603. The first kappa shape index (κ1) is 42.0. The summed E-state index contributed by atoms with van der Waals surface area (Å²) < 4.78 is 30.9. The van der Waals surface area contributed by atoms with Gasteiger partial charge in [-0.05, 0) is 37.5 Å². The lowest BCUT2D eigenvalue weighted by atomic mass is 10.0. The molecule has 4 N–H and O–H groups in total. The number of nitrogens with two attached hydrogens (primary N) is 1. The third kappa shape index (κ3) is 14.2. The van der Waals surface area contributed by atoms with E-state index in [1.54, 1.807) is 10.6 Å². The number of unbranched alkanes of at least 4 members (excludes halogenated alkanes) is 11. The van der Waals surface area contributed by atoms with Crippen molar-refractivity contribution in [1.29, 1.82) is 10.5 Å². The Labute approximate surface area is 302 Å². The number of nitrogen functional groups attached to an aromatic ring is 1. The highest BCUT2D eigenvalue weighted by Gasteiger charge is 2.43. The number of nitriles is 2. The van der Waals surface area contributed by atoms with Crippen molar-refractivity contribution in [3.63, 3.8) is 0 Å². The summed E-state index contributed by atoms with van der Waals surface area (Å²) in [6.07, 6.45) is 18.0. The van der Waals surface area contributed by atoms with Gasteiger partial charge in [0, 0.05) is 26.0 Å². The molecule has 0 radical (unpaired) electrons. The van der Waals surface area contributed by atoms with E-state index in [9.17, 15) is 15.4 Å².